The zero-order valence-electron chi connectivity index (χ0n) is 10.8. The van der Waals surface area contributed by atoms with Crippen LogP contribution in [-0.2, 0) is 0 Å². The average Bonchev–Trinajstić information content (AvgIpc) is 2.37. The molecule has 5 heteroatoms. The Morgan fingerprint density at radius 1 is 1.37 bits per heavy atom. The van der Waals surface area contributed by atoms with E-state index in [1.807, 2.05) is 36.1 Å². The monoisotopic (exact) mass is 335 g/mol. The summed E-state index contributed by atoms with van der Waals surface area (Å²) in [5.74, 6) is -1.18. The number of piperidine rings is 1. The summed E-state index contributed by atoms with van der Waals surface area (Å²) in [5, 5.41) is 0. The van der Waals surface area contributed by atoms with Crippen molar-refractivity contribution in [1.29, 1.82) is 0 Å². The van der Waals surface area contributed by atoms with E-state index in [1.165, 1.54) is 0 Å². The molecule has 0 spiro atoms. The van der Waals surface area contributed by atoms with Crippen molar-refractivity contribution in [3.05, 3.63) is 34.3 Å². The Labute approximate surface area is 119 Å². The van der Waals surface area contributed by atoms with E-state index in [4.69, 9.17) is 0 Å². The Morgan fingerprint density at radius 2 is 2.11 bits per heavy atom. The highest BCUT2D eigenvalue weighted by Crippen LogP contribution is 2.36. The van der Waals surface area contributed by atoms with E-state index in [9.17, 15) is 13.2 Å². The molecule has 0 saturated carbocycles. The maximum absolute atomic E-state index is 12.8. The van der Waals surface area contributed by atoms with E-state index in [1.54, 1.807) is 0 Å². The van der Waals surface area contributed by atoms with E-state index >= 15 is 0 Å². The minimum atomic E-state index is -4.07. The minimum absolute atomic E-state index is 0.0163. The molecule has 0 amide bonds. The average molecular weight is 336 g/mol. The lowest BCUT2D eigenvalue weighted by Crippen LogP contribution is -2.42. The van der Waals surface area contributed by atoms with Crippen LogP contribution < -0.4 is 0 Å². The van der Waals surface area contributed by atoms with Crippen LogP contribution in [-0.4, -0.2) is 24.2 Å². The molecular weight excluding hydrogens is 319 g/mol. The molecule has 1 aromatic carbocycles. The Balaban J connectivity index is 2.09. The van der Waals surface area contributed by atoms with Crippen molar-refractivity contribution >= 4 is 15.9 Å². The molecule has 1 nitrogen and oxygen atoms in total. The Morgan fingerprint density at radius 3 is 2.74 bits per heavy atom. The van der Waals surface area contributed by atoms with Crippen molar-refractivity contribution < 1.29 is 13.2 Å². The molecule has 19 heavy (non-hydrogen) atoms. The van der Waals surface area contributed by atoms with E-state index in [-0.39, 0.29) is 19.0 Å². The van der Waals surface area contributed by atoms with Gasteiger partial charge in [0.1, 0.15) is 0 Å². The molecular formula is C14H17BrF3N. The molecule has 0 bridgehead atoms. The van der Waals surface area contributed by atoms with Gasteiger partial charge in [-0.05, 0) is 44.0 Å². The van der Waals surface area contributed by atoms with Crippen molar-refractivity contribution in [2.24, 2.45) is 5.92 Å². The van der Waals surface area contributed by atoms with Crippen LogP contribution in [0.25, 0.3) is 0 Å². The largest absolute Gasteiger partial charge is 0.393 e. The summed E-state index contributed by atoms with van der Waals surface area (Å²) >= 11 is 3.40. The molecule has 2 unspecified atom stereocenters. The van der Waals surface area contributed by atoms with Gasteiger partial charge in [0.2, 0.25) is 0 Å². The van der Waals surface area contributed by atoms with Crippen molar-refractivity contribution in [2.45, 2.75) is 32.0 Å². The van der Waals surface area contributed by atoms with Gasteiger partial charge in [-0.15, -0.1) is 0 Å². The van der Waals surface area contributed by atoms with Crippen LogP contribution in [0.1, 0.15) is 31.4 Å². The lowest BCUT2D eigenvalue weighted by molar-refractivity contribution is -0.188. The number of likely N-dealkylation sites (tertiary alicyclic amines) is 1. The first-order valence-corrected chi connectivity index (χ1v) is 7.23. The first-order valence-electron chi connectivity index (χ1n) is 6.44. The quantitative estimate of drug-likeness (QED) is 0.751. The van der Waals surface area contributed by atoms with Gasteiger partial charge in [-0.25, -0.2) is 0 Å². The highest BCUT2D eigenvalue weighted by atomic mass is 79.9. The van der Waals surface area contributed by atoms with Gasteiger partial charge in [0, 0.05) is 17.1 Å². The molecule has 1 saturated heterocycles. The van der Waals surface area contributed by atoms with Gasteiger partial charge in [0.05, 0.1) is 5.92 Å². The number of benzene rings is 1. The second-order valence-electron chi connectivity index (χ2n) is 5.11. The number of alkyl halides is 3. The predicted octanol–water partition coefficient (Wildman–Crippen LogP) is 4.78. The number of rotatable bonds is 2. The van der Waals surface area contributed by atoms with Gasteiger partial charge in [-0.1, -0.05) is 28.1 Å². The van der Waals surface area contributed by atoms with Gasteiger partial charge in [-0.2, -0.15) is 13.2 Å². The maximum atomic E-state index is 12.8. The SMILES string of the molecule is CC(c1cccc(Br)c1)N1CCCC(C(F)(F)F)C1. The van der Waals surface area contributed by atoms with E-state index in [2.05, 4.69) is 15.9 Å². The van der Waals surface area contributed by atoms with Crippen molar-refractivity contribution in [1.82, 2.24) is 4.90 Å². The number of halogens is 4. The summed E-state index contributed by atoms with van der Waals surface area (Å²) in [6.07, 6.45) is -3.20. The summed E-state index contributed by atoms with van der Waals surface area (Å²) in [4.78, 5) is 1.93. The molecule has 1 heterocycles. The Bertz CT molecular complexity index is 433. The second-order valence-corrected chi connectivity index (χ2v) is 6.02. The van der Waals surface area contributed by atoms with E-state index < -0.39 is 12.1 Å². The second kappa shape index (κ2) is 5.83. The summed E-state index contributed by atoms with van der Waals surface area (Å²) in [6, 6.07) is 7.79. The molecule has 1 fully saturated rings. The van der Waals surface area contributed by atoms with Crippen molar-refractivity contribution in [2.75, 3.05) is 13.1 Å². The molecule has 1 aromatic rings. The highest BCUT2D eigenvalue weighted by Gasteiger charge is 2.42. The highest BCUT2D eigenvalue weighted by molar-refractivity contribution is 9.10. The van der Waals surface area contributed by atoms with E-state index in [0.29, 0.717) is 6.42 Å². The lowest BCUT2D eigenvalue weighted by atomic mass is 9.95. The molecule has 0 aromatic heterocycles. The fourth-order valence-electron chi connectivity index (χ4n) is 2.60. The van der Waals surface area contributed by atoms with Crippen LogP contribution in [0.4, 0.5) is 13.2 Å². The number of hydrogen-bond acceptors (Lipinski definition) is 1. The third-order valence-electron chi connectivity index (χ3n) is 3.79. The normalized spacial score (nSPS) is 23.3. The first-order chi connectivity index (χ1) is 8.88. The molecule has 1 aliphatic heterocycles. The zero-order chi connectivity index (χ0) is 14.0. The third-order valence-corrected chi connectivity index (χ3v) is 4.29. The van der Waals surface area contributed by atoms with Crippen LogP contribution in [0.2, 0.25) is 0 Å². The van der Waals surface area contributed by atoms with Gasteiger partial charge in [0.15, 0.2) is 0 Å². The van der Waals surface area contributed by atoms with Gasteiger partial charge < -0.3 is 0 Å². The van der Waals surface area contributed by atoms with Crippen LogP contribution in [0.5, 0.6) is 0 Å². The number of hydrogen-bond donors (Lipinski definition) is 0. The summed E-state index contributed by atoms with van der Waals surface area (Å²) in [7, 11) is 0. The summed E-state index contributed by atoms with van der Waals surface area (Å²) in [6.45, 7) is 2.82. The fourth-order valence-corrected chi connectivity index (χ4v) is 3.02. The molecule has 2 atom stereocenters. The van der Waals surface area contributed by atoms with Gasteiger partial charge >= 0.3 is 6.18 Å². The number of nitrogens with zero attached hydrogens (tertiary/aromatic N) is 1. The van der Waals surface area contributed by atoms with Gasteiger partial charge in [-0.3, -0.25) is 4.90 Å². The Hall–Kier alpha value is -0.550. The summed E-state index contributed by atoms with van der Waals surface area (Å²) in [5.41, 5.74) is 1.05. The topological polar surface area (TPSA) is 3.24 Å². The first kappa shape index (κ1) is 14.9. The standard InChI is InChI=1S/C14H17BrF3N/c1-10(11-4-2-6-13(15)8-11)19-7-3-5-12(9-19)14(16,17)18/h2,4,6,8,10,12H,3,5,7,9H2,1H3. The van der Waals surface area contributed by atoms with Crippen molar-refractivity contribution in [3.63, 3.8) is 0 Å². The molecule has 0 N–H and O–H groups in total. The molecule has 1 aliphatic rings. The van der Waals surface area contributed by atoms with Crippen LogP contribution >= 0.6 is 15.9 Å². The smallest absolute Gasteiger partial charge is 0.296 e. The van der Waals surface area contributed by atoms with Crippen LogP contribution in [0.3, 0.4) is 0 Å². The predicted molar refractivity (Wildman–Crippen MR) is 72.9 cm³/mol. The lowest BCUT2D eigenvalue weighted by Gasteiger charge is -2.37. The van der Waals surface area contributed by atoms with Gasteiger partial charge in [0.25, 0.3) is 0 Å². The third kappa shape index (κ3) is 3.72. The Kier molecular flexibility index (Phi) is 4.56. The maximum Gasteiger partial charge on any atom is 0.393 e. The van der Waals surface area contributed by atoms with Crippen molar-refractivity contribution in [3.8, 4) is 0 Å². The van der Waals surface area contributed by atoms with E-state index in [0.717, 1.165) is 16.6 Å². The fraction of sp³-hybridized carbons (Fsp3) is 0.571. The molecule has 0 radical (unpaired) electrons. The van der Waals surface area contributed by atoms with Crippen LogP contribution in [0, 0.1) is 5.92 Å². The summed E-state index contributed by atoms with van der Waals surface area (Å²) < 4.78 is 39.4. The minimum Gasteiger partial charge on any atom is -0.296 e. The zero-order valence-corrected chi connectivity index (χ0v) is 12.3. The molecule has 2 rings (SSSR count). The molecule has 106 valence electrons. The van der Waals surface area contributed by atoms with Crippen LogP contribution in [0.15, 0.2) is 28.7 Å². The molecule has 0 aliphatic carbocycles.